The number of aromatic nitrogens is 1. The van der Waals surface area contributed by atoms with Gasteiger partial charge in [0.15, 0.2) is 0 Å². The molecule has 3 N–H and O–H groups in total. The maximum atomic E-state index is 5.46. The summed E-state index contributed by atoms with van der Waals surface area (Å²) < 4.78 is 0. The third-order valence-electron chi connectivity index (χ3n) is 2.81. The predicted molar refractivity (Wildman–Crippen MR) is 73.1 cm³/mol. The van der Waals surface area contributed by atoms with E-state index in [1.54, 1.807) is 0 Å². The van der Waals surface area contributed by atoms with Gasteiger partial charge in [0.1, 0.15) is 0 Å². The maximum Gasteiger partial charge on any atom is 0.0703 e. The molecule has 0 saturated carbocycles. The molecule has 0 saturated heterocycles. The lowest BCUT2D eigenvalue weighted by molar-refractivity contribution is 0.707. The molecule has 2 rings (SSSR count). The number of nitrogens with two attached hydrogens (primary N) is 1. The van der Waals surface area contributed by atoms with E-state index in [1.165, 1.54) is 23.9 Å². The Bertz CT molecular complexity index is 468. The fraction of sp³-hybridized carbons (Fsp3) is 0.357. The summed E-state index contributed by atoms with van der Waals surface area (Å²) in [6.07, 6.45) is 5.30. The van der Waals surface area contributed by atoms with Crippen LogP contribution in [0.1, 0.15) is 19.3 Å². The minimum atomic E-state index is 0.793. The molecule has 1 heterocycles. The lowest BCUT2D eigenvalue weighted by Crippen LogP contribution is -2.03. The Kier molecular flexibility index (Phi) is 4.33. The molecule has 3 heteroatoms. The van der Waals surface area contributed by atoms with Crippen LogP contribution in [-0.4, -0.2) is 18.1 Å². The number of nitrogens with zero attached hydrogens (tertiary/aromatic N) is 1. The summed E-state index contributed by atoms with van der Waals surface area (Å²) in [7, 11) is 0. The summed E-state index contributed by atoms with van der Waals surface area (Å²) in [5, 5.41) is 4.61. The molecule has 0 amide bonds. The van der Waals surface area contributed by atoms with Crippen molar-refractivity contribution in [3.63, 3.8) is 0 Å². The highest BCUT2D eigenvalue weighted by Gasteiger charge is 1.96. The molecule has 3 nitrogen and oxygen atoms in total. The van der Waals surface area contributed by atoms with Crippen molar-refractivity contribution in [2.45, 2.75) is 19.3 Å². The summed E-state index contributed by atoms with van der Waals surface area (Å²) in [6, 6.07) is 10.3. The van der Waals surface area contributed by atoms with Crippen molar-refractivity contribution in [3.8, 4) is 0 Å². The molecule has 0 atom stereocenters. The number of unbranched alkanes of at least 4 members (excludes halogenated alkanes) is 2. The Labute approximate surface area is 102 Å². The first-order valence-corrected chi connectivity index (χ1v) is 6.19. The first-order chi connectivity index (χ1) is 8.40. The highest BCUT2D eigenvalue weighted by atomic mass is 14.9. The molecule has 0 aliphatic carbocycles. The zero-order valence-electron chi connectivity index (χ0n) is 10.0. The van der Waals surface area contributed by atoms with Crippen LogP contribution in [0.15, 0.2) is 36.5 Å². The van der Waals surface area contributed by atoms with Gasteiger partial charge in [0.25, 0.3) is 0 Å². The lowest BCUT2D eigenvalue weighted by Gasteiger charge is -2.07. The standard InChI is InChI=1S/C14H19N3/c15-8-2-1-3-9-16-13-6-7-14-12(11-13)5-4-10-17-14/h4-7,10-11,16H,1-3,8-9,15H2. The molecule has 0 unspecified atom stereocenters. The van der Waals surface area contributed by atoms with Crippen LogP contribution < -0.4 is 11.1 Å². The largest absolute Gasteiger partial charge is 0.385 e. The Morgan fingerprint density at radius 3 is 2.94 bits per heavy atom. The molecular formula is C14H19N3. The average Bonchev–Trinajstić information content (AvgIpc) is 2.38. The van der Waals surface area contributed by atoms with E-state index in [0.29, 0.717) is 0 Å². The molecule has 1 aromatic heterocycles. The van der Waals surface area contributed by atoms with Gasteiger partial charge in [-0.1, -0.05) is 12.5 Å². The van der Waals surface area contributed by atoms with Gasteiger partial charge in [-0.3, -0.25) is 4.98 Å². The molecule has 17 heavy (non-hydrogen) atoms. The van der Waals surface area contributed by atoms with E-state index in [-0.39, 0.29) is 0 Å². The van der Waals surface area contributed by atoms with Crippen LogP contribution in [0.5, 0.6) is 0 Å². The van der Waals surface area contributed by atoms with Crippen LogP contribution in [0, 0.1) is 0 Å². The van der Waals surface area contributed by atoms with Crippen LogP contribution in [0.2, 0.25) is 0 Å². The van der Waals surface area contributed by atoms with Gasteiger partial charge in [-0.25, -0.2) is 0 Å². The zero-order valence-corrected chi connectivity index (χ0v) is 10.0. The molecule has 2 aromatic rings. The number of hydrogen-bond acceptors (Lipinski definition) is 3. The molecule has 0 radical (unpaired) electrons. The fourth-order valence-corrected chi connectivity index (χ4v) is 1.86. The van der Waals surface area contributed by atoms with Gasteiger partial charge in [0.05, 0.1) is 5.52 Å². The van der Waals surface area contributed by atoms with Crippen LogP contribution in [0.4, 0.5) is 5.69 Å². The third kappa shape index (κ3) is 3.43. The van der Waals surface area contributed by atoms with Gasteiger partial charge in [0, 0.05) is 23.8 Å². The second-order valence-corrected chi connectivity index (χ2v) is 4.19. The molecule has 0 fully saturated rings. The van der Waals surface area contributed by atoms with E-state index in [4.69, 9.17) is 5.73 Å². The van der Waals surface area contributed by atoms with Crippen molar-refractivity contribution in [1.29, 1.82) is 0 Å². The van der Waals surface area contributed by atoms with Crippen LogP contribution in [0.25, 0.3) is 10.9 Å². The molecule has 0 spiro atoms. The van der Waals surface area contributed by atoms with E-state index in [1.807, 2.05) is 12.3 Å². The van der Waals surface area contributed by atoms with E-state index in [9.17, 15) is 0 Å². The quantitative estimate of drug-likeness (QED) is 0.749. The second-order valence-electron chi connectivity index (χ2n) is 4.19. The molecule has 90 valence electrons. The topological polar surface area (TPSA) is 50.9 Å². The van der Waals surface area contributed by atoms with Crippen molar-refractivity contribution < 1.29 is 0 Å². The van der Waals surface area contributed by atoms with Gasteiger partial charge in [-0.15, -0.1) is 0 Å². The molecule has 0 aliphatic heterocycles. The van der Waals surface area contributed by atoms with Gasteiger partial charge in [0.2, 0.25) is 0 Å². The van der Waals surface area contributed by atoms with E-state index in [0.717, 1.165) is 25.0 Å². The normalized spacial score (nSPS) is 10.6. The highest BCUT2D eigenvalue weighted by molar-refractivity contribution is 5.82. The Morgan fingerprint density at radius 2 is 2.06 bits per heavy atom. The van der Waals surface area contributed by atoms with Crippen LogP contribution in [0.3, 0.4) is 0 Å². The fourth-order valence-electron chi connectivity index (χ4n) is 1.86. The van der Waals surface area contributed by atoms with E-state index in [2.05, 4.69) is 34.6 Å². The Balaban J connectivity index is 1.90. The molecule has 0 bridgehead atoms. The summed E-state index contributed by atoms with van der Waals surface area (Å²) in [5.74, 6) is 0. The molecule has 0 aliphatic rings. The summed E-state index contributed by atoms with van der Waals surface area (Å²) in [6.45, 7) is 1.80. The van der Waals surface area contributed by atoms with Gasteiger partial charge >= 0.3 is 0 Å². The number of fused-ring (bicyclic) bond motifs is 1. The number of anilines is 1. The first-order valence-electron chi connectivity index (χ1n) is 6.19. The van der Waals surface area contributed by atoms with E-state index >= 15 is 0 Å². The maximum absolute atomic E-state index is 5.46. The summed E-state index contributed by atoms with van der Waals surface area (Å²) >= 11 is 0. The third-order valence-corrected chi connectivity index (χ3v) is 2.81. The van der Waals surface area contributed by atoms with Crippen molar-refractivity contribution >= 4 is 16.6 Å². The van der Waals surface area contributed by atoms with Gasteiger partial charge in [-0.2, -0.15) is 0 Å². The van der Waals surface area contributed by atoms with Crippen molar-refractivity contribution in [2.24, 2.45) is 5.73 Å². The predicted octanol–water partition coefficient (Wildman–Crippen LogP) is 2.78. The first kappa shape index (κ1) is 11.9. The minimum absolute atomic E-state index is 0.793. The van der Waals surface area contributed by atoms with Crippen molar-refractivity contribution in [3.05, 3.63) is 36.5 Å². The number of rotatable bonds is 6. The average molecular weight is 229 g/mol. The van der Waals surface area contributed by atoms with Gasteiger partial charge in [-0.05, 0) is 43.7 Å². The minimum Gasteiger partial charge on any atom is -0.385 e. The van der Waals surface area contributed by atoms with Crippen LogP contribution >= 0.6 is 0 Å². The number of nitrogens with one attached hydrogen (secondary N) is 1. The Morgan fingerprint density at radius 1 is 1.12 bits per heavy atom. The molecule has 1 aromatic carbocycles. The lowest BCUT2D eigenvalue weighted by atomic mass is 10.2. The van der Waals surface area contributed by atoms with Crippen LogP contribution in [-0.2, 0) is 0 Å². The van der Waals surface area contributed by atoms with Crippen molar-refractivity contribution in [1.82, 2.24) is 4.98 Å². The van der Waals surface area contributed by atoms with E-state index < -0.39 is 0 Å². The molecular weight excluding hydrogens is 210 g/mol. The summed E-state index contributed by atoms with van der Waals surface area (Å²) in [5.41, 5.74) is 7.66. The van der Waals surface area contributed by atoms with Gasteiger partial charge < -0.3 is 11.1 Å². The number of pyridine rings is 1. The Hall–Kier alpha value is -1.61. The highest BCUT2D eigenvalue weighted by Crippen LogP contribution is 2.16. The number of benzene rings is 1. The summed E-state index contributed by atoms with van der Waals surface area (Å²) in [4.78, 5) is 4.30. The second kappa shape index (κ2) is 6.21. The smallest absolute Gasteiger partial charge is 0.0703 e. The zero-order chi connectivity index (χ0) is 11.9. The number of hydrogen-bond donors (Lipinski definition) is 2. The van der Waals surface area contributed by atoms with Crippen molar-refractivity contribution in [2.75, 3.05) is 18.4 Å². The monoisotopic (exact) mass is 229 g/mol. The SMILES string of the molecule is NCCCCCNc1ccc2ncccc2c1.